The normalized spacial score (nSPS) is 12.7. The lowest BCUT2D eigenvalue weighted by molar-refractivity contribution is 0.173. The monoisotopic (exact) mass is 284 g/mol. The molecule has 1 atom stereocenters. The Kier molecular flexibility index (Phi) is 4.27. The minimum Gasteiger partial charge on any atom is -0.388 e. The Labute approximate surface area is 116 Å². The van der Waals surface area contributed by atoms with E-state index < -0.39 is 6.10 Å². The maximum absolute atomic E-state index is 9.71. The highest BCUT2D eigenvalue weighted by atomic mass is 35.5. The predicted molar refractivity (Wildman–Crippen MR) is 73.0 cm³/mol. The zero-order chi connectivity index (χ0) is 13.1. The number of halogens is 2. The molecular weight excluding hydrogens is 271 g/mol. The lowest BCUT2D eigenvalue weighted by atomic mass is 10.1. The van der Waals surface area contributed by atoms with E-state index in [0.29, 0.717) is 23.0 Å². The van der Waals surface area contributed by atoms with Gasteiger partial charge < -0.3 is 5.11 Å². The zero-order valence-electron chi connectivity index (χ0n) is 9.98. The van der Waals surface area contributed by atoms with Gasteiger partial charge in [-0.3, -0.25) is 4.68 Å². The number of aliphatic hydroxyl groups is 1. The zero-order valence-corrected chi connectivity index (χ0v) is 11.5. The second-order valence-electron chi connectivity index (χ2n) is 4.11. The lowest BCUT2D eigenvalue weighted by Crippen LogP contribution is -2.01. The van der Waals surface area contributed by atoms with Crippen molar-refractivity contribution < 1.29 is 5.11 Å². The number of nitrogens with zero attached hydrogens (tertiary/aromatic N) is 2. The van der Waals surface area contributed by atoms with Gasteiger partial charge in [0.25, 0.3) is 0 Å². The van der Waals surface area contributed by atoms with Crippen LogP contribution in [0.4, 0.5) is 0 Å². The fraction of sp³-hybridized carbons (Fsp3) is 0.308. The van der Waals surface area contributed by atoms with Gasteiger partial charge in [-0.15, -0.1) is 0 Å². The van der Waals surface area contributed by atoms with E-state index in [1.807, 2.05) is 25.3 Å². The number of benzene rings is 1. The van der Waals surface area contributed by atoms with E-state index in [4.69, 9.17) is 23.2 Å². The Morgan fingerprint density at radius 3 is 2.89 bits per heavy atom. The standard InChI is InChI=1S/C13H14Cl2N2O/c1-2-12(18)10-6-16-17(8-10)7-9-4-3-5-11(14)13(9)15/h3-6,8,12,18H,2,7H2,1H3. The number of hydrogen-bond donors (Lipinski definition) is 1. The summed E-state index contributed by atoms with van der Waals surface area (Å²) in [6.45, 7) is 2.46. The first-order valence-electron chi connectivity index (χ1n) is 5.75. The molecule has 1 aromatic carbocycles. The SMILES string of the molecule is CCC(O)c1cnn(Cc2cccc(Cl)c2Cl)c1. The van der Waals surface area contributed by atoms with Crippen LogP contribution in [0, 0.1) is 0 Å². The smallest absolute Gasteiger partial charge is 0.0817 e. The summed E-state index contributed by atoms with van der Waals surface area (Å²) in [6, 6.07) is 5.52. The molecule has 2 aromatic rings. The Balaban J connectivity index is 2.19. The molecule has 0 aliphatic carbocycles. The fourth-order valence-corrected chi connectivity index (χ4v) is 2.10. The van der Waals surface area contributed by atoms with Crippen molar-refractivity contribution in [1.29, 1.82) is 0 Å². The molecule has 3 nitrogen and oxygen atoms in total. The molecule has 2 rings (SSSR count). The summed E-state index contributed by atoms with van der Waals surface area (Å²) in [4.78, 5) is 0. The molecule has 0 bridgehead atoms. The Hall–Kier alpha value is -1.03. The van der Waals surface area contributed by atoms with Gasteiger partial charge in [-0.2, -0.15) is 5.10 Å². The minimum absolute atomic E-state index is 0.464. The summed E-state index contributed by atoms with van der Waals surface area (Å²) >= 11 is 12.1. The molecular formula is C13H14Cl2N2O. The third-order valence-electron chi connectivity index (χ3n) is 2.79. The highest BCUT2D eigenvalue weighted by molar-refractivity contribution is 6.42. The molecule has 18 heavy (non-hydrogen) atoms. The van der Waals surface area contributed by atoms with Crippen molar-refractivity contribution in [2.45, 2.75) is 26.0 Å². The van der Waals surface area contributed by atoms with Crippen molar-refractivity contribution in [2.75, 3.05) is 0 Å². The molecule has 1 heterocycles. The van der Waals surface area contributed by atoms with Gasteiger partial charge in [0, 0.05) is 11.8 Å². The molecule has 96 valence electrons. The molecule has 0 amide bonds. The summed E-state index contributed by atoms with van der Waals surface area (Å²) in [7, 11) is 0. The maximum atomic E-state index is 9.71. The number of aromatic nitrogens is 2. The van der Waals surface area contributed by atoms with Crippen LogP contribution >= 0.6 is 23.2 Å². The van der Waals surface area contributed by atoms with Crippen molar-refractivity contribution in [3.05, 3.63) is 51.8 Å². The minimum atomic E-state index is -0.464. The first kappa shape index (κ1) is 13.4. The highest BCUT2D eigenvalue weighted by Gasteiger charge is 2.09. The van der Waals surface area contributed by atoms with Crippen LogP contribution in [0.15, 0.2) is 30.6 Å². The van der Waals surface area contributed by atoms with Crippen LogP contribution in [-0.2, 0) is 6.54 Å². The lowest BCUT2D eigenvalue weighted by Gasteiger charge is -2.06. The van der Waals surface area contributed by atoms with Crippen LogP contribution in [0.5, 0.6) is 0 Å². The molecule has 0 saturated heterocycles. The van der Waals surface area contributed by atoms with Crippen molar-refractivity contribution >= 4 is 23.2 Å². The van der Waals surface area contributed by atoms with Gasteiger partial charge >= 0.3 is 0 Å². The highest BCUT2D eigenvalue weighted by Crippen LogP contribution is 2.26. The topological polar surface area (TPSA) is 38.1 Å². The van der Waals surface area contributed by atoms with Gasteiger partial charge in [-0.25, -0.2) is 0 Å². The van der Waals surface area contributed by atoms with Gasteiger partial charge in [-0.1, -0.05) is 42.3 Å². The van der Waals surface area contributed by atoms with E-state index in [2.05, 4.69) is 5.10 Å². The van der Waals surface area contributed by atoms with Crippen molar-refractivity contribution in [3.8, 4) is 0 Å². The summed E-state index contributed by atoms with van der Waals surface area (Å²) in [6.07, 6.45) is 3.70. The average molecular weight is 285 g/mol. The van der Waals surface area contributed by atoms with E-state index >= 15 is 0 Å². The second-order valence-corrected chi connectivity index (χ2v) is 4.89. The summed E-state index contributed by atoms with van der Waals surface area (Å²) in [5.74, 6) is 0. The van der Waals surface area contributed by atoms with E-state index in [1.165, 1.54) is 0 Å². The fourth-order valence-electron chi connectivity index (χ4n) is 1.72. The van der Waals surface area contributed by atoms with Gasteiger partial charge in [0.15, 0.2) is 0 Å². The van der Waals surface area contributed by atoms with E-state index in [-0.39, 0.29) is 0 Å². The molecule has 1 aromatic heterocycles. The molecule has 5 heteroatoms. The predicted octanol–water partition coefficient (Wildman–Crippen LogP) is 3.68. The molecule has 0 aliphatic heterocycles. The van der Waals surface area contributed by atoms with Gasteiger partial charge in [-0.05, 0) is 18.1 Å². The van der Waals surface area contributed by atoms with Crippen LogP contribution in [0.25, 0.3) is 0 Å². The van der Waals surface area contributed by atoms with Crippen LogP contribution < -0.4 is 0 Å². The van der Waals surface area contributed by atoms with Gasteiger partial charge in [0.1, 0.15) is 0 Å². The molecule has 1 N–H and O–H groups in total. The third-order valence-corrected chi connectivity index (χ3v) is 3.65. The molecule has 0 saturated carbocycles. The number of rotatable bonds is 4. The number of hydrogen-bond acceptors (Lipinski definition) is 2. The largest absolute Gasteiger partial charge is 0.388 e. The quantitative estimate of drug-likeness (QED) is 0.930. The molecule has 0 radical (unpaired) electrons. The second kappa shape index (κ2) is 5.74. The first-order chi connectivity index (χ1) is 8.61. The van der Waals surface area contributed by atoms with E-state index in [0.717, 1.165) is 11.1 Å². The maximum Gasteiger partial charge on any atom is 0.0817 e. The summed E-state index contributed by atoms with van der Waals surface area (Å²) in [5.41, 5.74) is 1.72. The number of aliphatic hydroxyl groups excluding tert-OH is 1. The van der Waals surface area contributed by atoms with Crippen LogP contribution in [0.1, 0.15) is 30.6 Å². The third kappa shape index (κ3) is 2.86. The summed E-state index contributed by atoms with van der Waals surface area (Å²) in [5, 5.41) is 15.0. The average Bonchev–Trinajstić information content (AvgIpc) is 2.82. The molecule has 1 unspecified atom stereocenters. The van der Waals surface area contributed by atoms with Crippen molar-refractivity contribution in [2.24, 2.45) is 0 Å². The Morgan fingerprint density at radius 2 is 2.17 bits per heavy atom. The van der Waals surface area contributed by atoms with Crippen molar-refractivity contribution in [1.82, 2.24) is 9.78 Å². The molecule has 0 aliphatic rings. The molecule has 0 fully saturated rings. The van der Waals surface area contributed by atoms with Gasteiger partial charge in [0.2, 0.25) is 0 Å². The van der Waals surface area contributed by atoms with E-state index in [9.17, 15) is 5.11 Å². The van der Waals surface area contributed by atoms with E-state index in [1.54, 1.807) is 16.9 Å². The van der Waals surface area contributed by atoms with Gasteiger partial charge in [0.05, 0.1) is 28.9 Å². The molecule has 0 spiro atoms. The van der Waals surface area contributed by atoms with Crippen LogP contribution in [0.3, 0.4) is 0 Å². The van der Waals surface area contributed by atoms with Crippen LogP contribution in [-0.4, -0.2) is 14.9 Å². The Bertz CT molecular complexity index is 540. The van der Waals surface area contributed by atoms with Crippen molar-refractivity contribution in [3.63, 3.8) is 0 Å². The Morgan fingerprint density at radius 1 is 1.39 bits per heavy atom. The summed E-state index contributed by atoms with van der Waals surface area (Å²) < 4.78 is 1.74. The van der Waals surface area contributed by atoms with Crippen LogP contribution in [0.2, 0.25) is 10.0 Å². The first-order valence-corrected chi connectivity index (χ1v) is 6.50.